The number of aryl methyl sites for hydroxylation is 2. The number of halogens is 2. The maximum Gasteiger partial charge on any atom is 0.266 e. The molecule has 0 saturated heterocycles. The van der Waals surface area contributed by atoms with Gasteiger partial charge in [0.05, 0.1) is 22.2 Å². The van der Waals surface area contributed by atoms with Crippen LogP contribution in [0.1, 0.15) is 17.7 Å². The molecule has 6 nitrogen and oxygen atoms in total. The fourth-order valence-corrected chi connectivity index (χ4v) is 3.11. The van der Waals surface area contributed by atoms with Crippen molar-refractivity contribution in [2.75, 3.05) is 6.61 Å². The molecule has 3 rings (SSSR count). The first-order valence-corrected chi connectivity index (χ1v) is 8.55. The predicted molar refractivity (Wildman–Crippen MR) is 102 cm³/mol. The van der Waals surface area contributed by atoms with E-state index in [1.165, 1.54) is 4.57 Å². The molecule has 0 aliphatic rings. The van der Waals surface area contributed by atoms with Gasteiger partial charge >= 0.3 is 0 Å². The van der Waals surface area contributed by atoms with E-state index in [1.807, 2.05) is 0 Å². The average Bonchev–Trinajstić information content (AvgIpc) is 2.68. The molecule has 0 aliphatic carbocycles. The van der Waals surface area contributed by atoms with Crippen molar-refractivity contribution in [3.63, 3.8) is 0 Å². The van der Waals surface area contributed by atoms with Crippen molar-refractivity contribution < 1.29 is 13.5 Å². The van der Waals surface area contributed by atoms with Crippen molar-refractivity contribution in [1.29, 1.82) is 5.26 Å². The number of aromatic nitrogens is 2. The Labute approximate surface area is 159 Å². The number of rotatable bonds is 5. The Kier molecular flexibility index (Phi) is 5.38. The van der Waals surface area contributed by atoms with Crippen molar-refractivity contribution in [1.82, 2.24) is 9.55 Å². The summed E-state index contributed by atoms with van der Waals surface area (Å²) < 4.78 is 31.4. The molecule has 1 aromatic carbocycles. The number of nitrogens with two attached hydrogens (primary N) is 1. The number of benzene rings is 1. The first kappa shape index (κ1) is 19.5. The summed E-state index contributed by atoms with van der Waals surface area (Å²) in [5.74, 6) is 0.246. The molecule has 2 aromatic heterocycles. The number of fused-ring (bicyclic) bond motifs is 3. The highest BCUT2D eigenvalue weighted by molar-refractivity contribution is 6.07. The second kappa shape index (κ2) is 7.74. The number of hydrogen-bond acceptors (Lipinski definition) is 5. The molecular formula is C20H18F2N4O2. The molecule has 0 spiro atoms. The van der Waals surface area contributed by atoms with Crippen molar-refractivity contribution in [3.8, 4) is 11.8 Å². The highest BCUT2D eigenvalue weighted by Crippen LogP contribution is 2.30. The molecule has 1 atom stereocenters. The lowest BCUT2D eigenvalue weighted by Crippen LogP contribution is -2.27. The van der Waals surface area contributed by atoms with Gasteiger partial charge in [-0.1, -0.05) is 0 Å². The van der Waals surface area contributed by atoms with E-state index < -0.39 is 12.1 Å². The fraction of sp³-hybridized carbons (Fsp3) is 0.250. The van der Waals surface area contributed by atoms with Crippen LogP contribution in [0.5, 0.6) is 5.75 Å². The van der Waals surface area contributed by atoms with Gasteiger partial charge in [-0.3, -0.25) is 9.78 Å². The van der Waals surface area contributed by atoms with Gasteiger partial charge in [0.25, 0.3) is 11.6 Å². The lowest BCUT2D eigenvalue weighted by Gasteiger charge is -2.15. The summed E-state index contributed by atoms with van der Waals surface area (Å²) in [7, 11) is 1.63. The van der Waals surface area contributed by atoms with Gasteiger partial charge in [0.1, 0.15) is 18.4 Å². The van der Waals surface area contributed by atoms with Crippen LogP contribution >= 0.6 is 0 Å². The minimum absolute atomic E-state index is 0.0471. The number of hydrogen-bond donors (Lipinski definition) is 1. The first-order valence-electron chi connectivity index (χ1n) is 8.55. The number of nitriles is 1. The van der Waals surface area contributed by atoms with E-state index in [4.69, 9.17) is 10.5 Å². The molecule has 0 bridgehead atoms. The first-order chi connectivity index (χ1) is 13.3. The van der Waals surface area contributed by atoms with Crippen LogP contribution in [-0.4, -0.2) is 22.2 Å². The Balaban J connectivity index is 2.10. The lowest BCUT2D eigenvalue weighted by atomic mass is 10.0. The summed E-state index contributed by atoms with van der Waals surface area (Å²) in [5, 5.41) is 11.4. The molecule has 28 heavy (non-hydrogen) atoms. The molecule has 0 saturated carbocycles. The molecular weight excluding hydrogens is 366 g/mol. The summed E-state index contributed by atoms with van der Waals surface area (Å²) in [6.07, 6.45) is 0.494. The van der Waals surface area contributed by atoms with E-state index in [-0.39, 0.29) is 29.9 Å². The predicted octanol–water partition coefficient (Wildman–Crippen LogP) is 3.14. The van der Waals surface area contributed by atoms with Crippen molar-refractivity contribution in [3.05, 3.63) is 58.2 Å². The highest BCUT2D eigenvalue weighted by Gasteiger charge is 2.15. The monoisotopic (exact) mass is 384 g/mol. The number of nitrogens with zero attached hydrogens (tertiary/aromatic N) is 3. The molecule has 0 unspecified atom stereocenters. The topological polar surface area (TPSA) is 93.9 Å². The third-order valence-electron chi connectivity index (χ3n) is 4.56. The lowest BCUT2D eigenvalue weighted by molar-refractivity contribution is 0.287. The van der Waals surface area contributed by atoms with Crippen LogP contribution in [0.2, 0.25) is 0 Å². The van der Waals surface area contributed by atoms with Crippen LogP contribution in [0.25, 0.3) is 21.7 Å². The summed E-state index contributed by atoms with van der Waals surface area (Å²) >= 11 is 0. The Morgan fingerprint density at radius 3 is 2.86 bits per heavy atom. The maximum atomic E-state index is 12.8. The van der Waals surface area contributed by atoms with Crippen LogP contribution in [0.15, 0.2) is 41.3 Å². The number of ether oxygens (including phenoxy) is 1. The molecule has 144 valence electrons. The zero-order chi connectivity index (χ0) is 20.4. The maximum absolute atomic E-state index is 12.8. The van der Waals surface area contributed by atoms with Gasteiger partial charge in [0.15, 0.2) is 0 Å². The molecule has 0 aliphatic heterocycles. The van der Waals surface area contributed by atoms with Gasteiger partial charge in [0.2, 0.25) is 0 Å². The second-order valence-electron chi connectivity index (χ2n) is 6.46. The van der Waals surface area contributed by atoms with E-state index in [0.717, 1.165) is 11.5 Å². The SMILES string of the molecule is Cc1nccc2c1c(=O)n(C)c1cc(OC[C@@H](N)CC=C(F)F)c(C#N)cc21. The van der Waals surface area contributed by atoms with E-state index >= 15 is 0 Å². The van der Waals surface area contributed by atoms with Gasteiger partial charge in [-0.15, -0.1) is 0 Å². The Morgan fingerprint density at radius 2 is 2.18 bits per heavy atom. The third kappa shape index (κ3) is 3.57. The molecule has 0 amide bonds. The van der Waals surface area contributed by atoms with Crippen LogP contribution in [0, 0.1) is 18.3 Å². The molecule has 0 radical (unpaired) electrons. The van der Waals surface area contributed by atoms with E-state index in [2.05, 4.69) is 11.1 Å². The van der Waals surface area contributed by atoms with Gasteiger partial charge in [-0.2, -0.15) is 14.0 Å². The average molecular weight is 384 g/mol. The largest absolute Gasteiger partial charge is 0.490 e. The van der Waals surface area contributed by atoms with Crippen LogP contribution in [-0.2, 0) is 7.05 Å². The van der Waals surface area contributed by atoms with Gasteiger partial charge in [-0.25, -0.2) is 0 Å². The fourth-order valence-electron chi connectivity index (χ4n) is 3.11. The highest BCUT2D eigenvalue weighted by atomic mass is 19.3. The van der Waals surface area contributed by atoms with E-state index in [0.29, 0.717) is 22.0 Å². The van der Waals surface area contributed by atoms with Crippen LogP contribution in [0.3, 0.4) is 0 Å². The molecule has 2 N–H and O–H groups in total. The molecule has 0 fully saturated rings. The molecule has 2 heterocycles. The minimum atomic E-state index is -1.80. The van der Waals surface area contributed by atoms with Crippen molar-refractivity contribution >= 4 is 21.7 Å². The summed E-state index contributed by atoms with van der Waals surface area (Å²) in [6, 6.07) is 6.41. The third-order valence-corrected chi connectivity index (χ3v) is 4.56. The van der Waals surface area contributed by atoms with Gasteiger partial charge < -0.3 is 15.0 Å². The van der Waals surface area contributed by atoms with Crippen LogP contribution < -0.4 is 16.0 Å². The van der Waals surface area contributed by atoms with Crippen molar-refractivity contribution in [2.45, 2.75) is 19.4 Å². The number of pyridine rings is 2. The zero-order valence-electron chi connectivity index (χ0n) is 15.4. The standard InChI is InChI=1S/C20H18F2N4O2/c1-11-19-14(5-6-25-11)15-7-12(9-23)17(8-16(15)26(2)20(19)27)28-10-13(24)3-4-18(21)22/h4-8,13H,3,10,24H2,1-2H3/t13-/m0/s1. The van der Waals surface area contributed by atoms with Crippen LogP contribution in [0.4, 0.5) is 8.78 Å². The smallest absolute Gasteiger partial charge is 0.266 e. The Morgan fingerprint density at radius 1 is 1.43 bits per heavy atom. The van der Waals surface area contributed by atoms with Gasteiger partial charge in [-0.05, 0) is 36.9 Å². The molecule has 3 aromatic rings. The Hall–Kier alpha value is -3.31. The Bertz CT molecular complexity index is 1190. The molecule has 8 heteroatoms. The van der Waals surface area contributed by atoms with E-state index in [9.17, 15) is 18.8 Å². The summed E-state index contributed by atoms with van der Waals surface area (Å²) in [5.41, 5.74) is 7.02. The zero-order valence-corrected chi connectivity index (χ0v) is 15.4. The van der Waals surface area contributed by atoms with Crippen molar-refractivity contribution in [2.24, 2.45) is 12.8 Å². The van der Waals surface area contributed by atoms with E-state index in [1.54, 1.807) is 38.4 Å². The second-order valence-corrected chi connectivity index (χ2v) is 6.46. The summed E-state index contributed by atoms with van der Waals surface area (Å²) in [6.45, 7) is 1.71. The minimum Gasteiger partial charge on any atom is -0.490 e. The summed E-state index contributed by atoms with van der Waals surface area (Å²) in [4.78, 5) is 16.9. The quantitative estimate of drug-likeness (QED) is 0.682. The normalized spacial score (nSPS) is 12.0. The van der Waals surface area contributed by atoms with Gasteiger partial charge in [0, 0.05) is 30.7 Å².